The van der Waals surface area contributed by atoms with E-state index < -0.39 is 15.8 Å². The second-order valence-corrected chi connectivity index (χ2v) is 12.0. The van der Waals surface area contributed by atoms with Crippen molar-refractivity contribution < 1.29 is 18.3 Å². The number of hydrogen-bond donors (Lipinski definition) is 1. The van der Waals surface area contributed by atoms with Crippen LogP contribution in [-0.2, 0) is 22.0 Å². The van der Waals surface area contributed by atoms with Crippen LogP contribution in [0, 0.1) is 0 Å². The number of aryl methyl sites for hydroxylation is 1. The molecule has 4 nitrogen and oxygen atoms in total. The summed E-state index contributed by atoms with van der Waals surface area (Å²) in [6.45, 7) is 4.08. The van der Waals surface area contributed by atoms with E-state index in [0.29, 0.717) is 5.56 Å². The molecule has 1 N–H and O–H groups in total. The average molecular weight is 505 g/mol. The van der Waals surface area contributed by atoms with Crippen molar-refractivity contribution in [3.05, 3.63) is 107 Å². The fraction of sp³-hybridized carbons (Fsp3) is 0.207. The van der Waals surface area contributed by atoms with Gasteiger partial charge in [-0.1, -0.05) is 80.6 Å². The van der Waals surface area contributed by atoms with Crippen LogP contribution in [0.15, 0.2) is 94.7 Å². The first-order chi connectivity index (χ1) is 16.7. The van der Waals surface area contributed by atoms with Crippen LogP contribution >= 0.6 is 11.8 Å². The molecule has 4 aromatic rings. The molecular weight excluding hydrogens is 476 g/mol. The van der Waals surface area contributed by atoms with Gasteiger partial charge < -0.3 is 5.11 Å². The second kappa shape index (κ2) is 10.7. The molecule has 0 aliphatic carbocycles. The maximum Gasteiger partial charge on any atom is 0.336 e. The van der Waals surface area contributed by atoms with E-state index in [9.17, 15) is 18.3 Å². The molecule has 0 fully saturated rings. The zero-order chi connectivity index (χ0) is 25.0. The maximum atomic E-state index is 13.3. The second-order valence-electron chi connectivity index (χ2n) is 8.86. The first-order valence-electron chi connectivity index (χ1n) is 11.5. The highest BCUT2D eigenvalue weighted by Crippen LogP contribution is 2.34. The third kappa shape index (κ3) is 5.95. The Hall–Kier alpha value is -3.09. The zero-order valence-corrected chi connectivity index (χ0v) is 21.4. The van der Waals surface area contributed by atoms with Gasteiger partial charge in [0.2, 0.25) is 0 Å². The third-order valence-electron chi connectivity index (χ3n) is 6.00. The summed E-state index contributed by atoms with van der Waals surface area (Å²) < 4.78 is 26.6. The number of rotatable bonds is 9. The van der Waals surface area contributed by atoms with Gasteiger partial charge in [-0.2, -0.15) is 0 Å². The van der Waals surface area contributed by atoms with Gasteiger partial charge in [0.1, 0.15) is 0 Å². The third-order valence-corrected chi connectivity index (χ3v) is 8.74. The molecule has 0 spiro atoms. The van der Waals surface area contributed by atoms with Crippen molar-refractivity contribution in [1.29, 1.82) is 0 Å². The quantitative estimate of drug-likeness (QED) is 0.249. The molecule has 4 rings (SSSR count). The van der Waals surface area contributed by atoms with Gasteiger partial charge in [0, 0.05) is 10.6 Å². The number of aromatic carboxylic acids is 1. The van der Waals surface area contributed by atoms with E-state index in [1.165, 1.54) is 5.56 Å². The van der Waals surface area contributed by atoms with Gasteiger partial charge in [-0.15, -0.1) is 11.8 Å². The number of carbonyl (C=O) groups is 1. The predicted molar refractivity (Wildman–Crippen MR) is 143 cm³/mol. The highest BCUT2D eigenvalue weighted by Gasteiger charge is 2.23. The fourth-order valence-electron chi connectivity index (χ4n) is 4.11. The van der Waals surface area contributed by atoms with Crippen LogP contribution in [0.25, 0.3) is 10.8 Å². The van der Waals surface area contributed by atoms with Crippen LogP contribution in [0.3, 0.4) is 0 Å². The summed E-state index contributed by atoms with van der Waals surface area (Å²) in [6.07, 6.45) is 0.865. The minimum absolute atomic E-state index is 0.0426. The van der Waals surface area contributed by atoms with Gasteiger partial charge in [-0.25, -0.2) is 13.2 Å². The first kappa shape index (κ1) is 25.0. The highest BCUT2D eigenvalue weighted by atomic mass is 32.2. The number of fused-ring (bicyclic) bond motifs is 1. The van der Waals surface area contributed by atoms with Crippen molar-refractivity contribution >= 4 is 38.3 Å². The number of sulfone groups is 1. The van der Waals surface area contributed by atoms with Gasteiger partial charge in [-0.05, 0) is 58.0 Å². The number of carboxylic acids is 1. The molecule has 0 aliphatic rings. The number of thioether (sulfide) groups is 1. The Labute approximate surface area is 210 Å². The highest BCUT2D eigenvalue weighted by molar-refractivity contribution is 7.99. The fourth-order valence-corrected chi connectivity index (χ4v) is 6.73. The van der Waals surface area contributed by atoms with Crippen LogP contribution in [0.1, 0.15) is 46.8 Å². The van der Waals surface area contributed by atoms with Crippen LogP contribution in [-0.4, -0.2) is 25.2 Å². The normalized spacial score (nSPS) is 11.7. The molecule has 6 heteroatoms. The predicted octanol–water partition coefficient (Wildman–Crippen LogP) is 6.97. The molecule has 0 aliphatic heterocycles. The topological polar surface area (TPSA) is 71.4 Å². The summed E-state index contributed by atoms with van der Waals surface area (Å²) in [5.41, 5.74) is 2.56. The van der Waals surface area contributed by atoms with Crippen LogP contribution in [0.2, 0.25) is 0 Å². The van der Waals surface area contributed by atoms with Gasteiger partial charge in [-0.3, -0.25) is 0 Å². The summed E-state index contributed by atoms with van der Waals surface area (Å²) in [4.78, 5) is 13.2. The van der Waals surface area contributed by atoms with E-state index in [-0.39, 0.29) is 22.1 Å². The Bertz CT molecular complexity index is 1460. The smallest absolute Gasteiger partial charge is 0.336 e. The Morgan fingerprint density at radius 1 is 0.886 bits per heavy atom. The van der Waals surface area contributed by atoms with Crippen molar-refractivity contribution in [2.24, 2.45) is 0 Å². The molecule has 0 unspecified atom stereocenters. The van der Waals surface area contributed by atoms with Crippen molar-refractivity contribution in [2.75, 3.05) is 5.75 Å². The standard InChI is InChI=1S/C29H28O4S2/c1-20(2)26-17-24(19-35(32,33)25-13-12-22-10-6-7-11-23(22)16-25)27(29(30)31)18-28(26)34-15-14-21-8-4-3-5-9-21/h3-13,16-18,20H,14-15,19H2,1-2H3,(H,30,31). The molecule has 4 aromatic carbocycles. The Morgan fingerprint density at radius 2 is 1.57 bits per heavy atom. The summed E-state index contributed by atoms with van der Waals surface area (Å²) in [6, 6.07) is 26.2. The summed E-state index contributed by atoms with van der Waals surface area (Å²) in [5.74, 6) is -0.549. The van der Waals surface area contributed by atoms with Crippen molar-refractivity contribution in [3.8, 4) is 0 Å². The Balaban J connectivity index is 1.65. The van der Waals surface area contributed by atoms with Crippen LogP contribution in [0.4, 0.5) is 0 Å². The lowest BCUT2D eigenvalue weighted by Crippen LogP contribution is -2.12. The molecule has 0 saturated carbocycles. The van der Waals surface area contributed by atoms with Gasteiger partial charge >= 0.3 is 5.97 Å². The lowest BCUT2D eigenvalue weighted by molar-refractivity contribution is 0.0695. The zero-order valence-electron chi connectivity index (χ0n) is 19.8. The minimum Gasteiger partial charge on any atom is -0.478 e. The average Bonchev–Trinajstić information content (AvgIpc) is 2.84. The molecule has 0 amide bonds. The van der Waals surface area contributed by atoms with E-state index in [1.54, 1.807) is 42.1 Å². The van der Waals surface area contributed by atoms with Gasteiger partial charge in [0.25, 0.3) is 0 Å². The lowest BCUT2D eigenvalue weighted by atomic mass is 9.98. The largest absolute Gasteiger partial charge is 0.478 e. The van der Waals surface area contributed by atoms with Gasteiger partial charge in [0.05, 0.1) is 16.2 Å². The summed E-state index contributed by atoms with van der Waals surface area (Å²) in [7, 11) is -3.74. The molecule has 0 aromatic heterocycles. The molecule has 0 atom stereocenters. The summed E-state index contributed by atoms with van der Waals surface area (Å²) in [5, 5.41) is 11.7. The molecule has 35 heavy (non-hydrogen) atoms. The molecule has 0 bridgehead atoms. The monoisotopic (exact) mass is 504 g/mol. The van der Waals surface area contributed by atoms with E-state index >= 15 is 0 Å². The van der Waals surface area contributed by atoms with Crippen molar-refractivity contribution in [3.63, 3.8) is 0 Å². The summed E-state index contributed by atoms with van der Waals surface area (Å²) >= 11 is 1.61. The number of carboxylic acid groups (broad SMARTS) is 1. The minimum atomic E-state index is -3.74. The Kier molecular flexibility index (Phi) is 7.63. The van der Waals surface area contributed by atoms with E-state index in [2.05, 4.69) is 12.1 Å². The SMILES string of the molecule is CC(C)c1cc(CS(=O)(=O)c2ccc3ccccc3c2)c(C(=O)O)cc1SCCc1ccccc1. The van der Waals surface area contributed by atoms with Crippen molar-refractivity contribution in [2.45, 2.75) is 41.7 Å². The molecule has 0 radical (unpaired) electrons. The molecule has 180 valence electrons. The van der Waals surface area contributed by atoms with Crippen LogP contribution < -0.4 is 0 Å². The molecule has 0 heterocycles. The van der Waals surface area contributed by atoms with E-state index in [1.807, 2.05) is 56.3 Å². The number of hydrogen-bond acceptors (Lipinski definition) is 4. The number of benzene rings is 4. The Morgan fingerprint density at radius 3 is 2.26 bits per heavy atom. The molecular formula is C29H28O4S2. The lowest BCUT2D eigenvalue weighted by Gasteiger charge is -2.17. The van der Waals surface area contributed by atoms with Gasteiger partial charge in [0.15, 0.2) is 9.84 Å². The van der Waals surface area contributed by atoms with E-state index in [4.69, 9.17) is 0 Å². The first-order valence-corrected chi connectivity index (χ1v) is 14.2. The molecule has 0 saturated heterocycles. The maximum absolute atomic E-state index is 13.3. The van der Waals surface area contributed by atoms with E-state index in [0.717, 1.165) is 33.4 Å². The van der Waals surface area contributed by atoms with Crippen LogP contribution in [0.5, 0.6) is 0 Å². The van der Waals surface area contributed by atoms with Crippen molar-refractivity contribution in [1.82, 2.24) is 0 Å².